The van der Waals surface area contributed by atoms with Crippen LogP contribution in [0.4, 0.5) is 0 Å². The molecule has 1 fully saturated rings. The summed E-state index contributed by atoms with van der Waals surface area (Å²) in [5, 5.41) is 0. The lowest BCUT2D eigenvalue weighted by molar-refractivity contribution is 0.0183. The molecular weight excluding hydrogens is 180 g/mol. The van der Waals surface area contributed by atoms with Gasteiger partial charge in [-0.25, -0.2) is 0 Å². The summed E-state index contributed by atoms with van der Waals surface area (Å²) in [6.45, 7) is 8.28. The van der Waals surface area contributed by atoms with Gasteiger partial charge < -0.3 is 15.2 Å². The van der Waals surface area contributed by atoms with E-state index in [1.54, 1.807) is 0 Å². The maximum absolute atomic E-state index is 5.61. The molecule has 0 aromatic rings. The minimum absolute atomic E-state index is 0.225. The molecule has 1 aliphatic heterocycles. The van der Waals surface area contributed by atoms with Crippen LogP contribution < -0.4 is 5.73 Å². The van der Waals surface area contributed by atoms with E-state index in [4.69, 9.17) is 15.2 Å². The van der Waals surface area contributed by atoms with E-state index in [9.17, 15) is 0 Å². The van der Waals surface area contributed by atoms with Crippen molar-refractivity contribution in [3.05, 3.63) is 0 Å². The van der Waals surface area contributed by atoms with Crippen molar-refractivity contribution in [1.82, 2.24) is 4.90 Å². The van der Waals surface area contributed by atoms with Crippen molar-refractivity contribution in [3.63, 3.8) is 0 Å². The van der Waals surface area contributed by atoms with Crippen LogP contribution in [-0.4, -0.2) is 57.0 Å². The van der Waals surface area contributed by atoms with Crippen LogP contribution >= 0.6 is 0 Å². The van der Waals surface area contributed by atoms with E-state index >= 15 is 0 Å². The fourth-order valence-electron chi connectivity index (χ4n) is 1.66. The molecule has 0 radical (unpaired) electrons. The normalized spacial score (nSPS) is 21.0. The third-order valence-corrected chi connectivity index (χ3v) is 2.54. The van der Waals surface area contributed by atoms with Crippen molar-refractivity contribution < 1.29 is 9.47 Å². The fraction of sp³-hybridized carbons (Fsp3) is 1.00. The van der Waals surface area contributed by atoms with Gasteiger partial charge in [0.15, 0.2) is 0 Å². The summed E-state index contributed by atoms with van der Waals surface area (Å²) in [4.78, 5) is 2.41. The summed E-state index contributed by atoms with van der Waals surface area (Å²) in [5.74, 6) is 0. The number of hydrogen-bond acceptors (Lipinski definition) is 4. The van der Waals surface area contributed by atoms with Crippen molar-refractivity contribution in [1.29, 1.82) is 0 Å². The quantitative estimate of drug-likeness (QED) is 0.662. The third kappa shape index (κ3) is 4.37. The van der Waals surface area contributed by atoms with E-state index in [0.717, 1.165) is 45.9 Å². The van der Waals surface area contributed by atoms with Crippen LogP contribution in [0, 0.1) is 0 Å². The Labute approximate surface area is 86.3 Å². The molecular formula is C10H22N2O2. The standard InChI is InChI=1S/C10H22N2O2/c1-2-14-10(9-11)3-4-12-5-7-13-8-6-12/h10H,2-9,11H2,1H3. The van der Waals surface area contributed by atoms with Gasteiger partial charge in [0.1, 0.15) is 0 Å². The van der Waals surface area contributed by atoms with Crippen LogP contribution in [0.2, 0.25) is 0 Å². The first-order chi connectivity index (χ1) is 6.86. The number of nitrogens with zero attached hydrogens (tertiary/aromatic N) is 1. The molecule has 1 aliphatic rings. The highest BCUT2D eigenvalue weighted by molar-refractivity contribution is 4.66. The molecule has 14 heavy (non-hydrogen) atoms. The van der Waals surface area contributed by atoms with E-state index in [2.05, 4.69) is 4.90 Å². The highest BCUT2D eigenvalue weighted by atomic mass is 16.5. The molecule has 1 rings (SSSR count). The minimum atomic E-state index is 0.225. The van der Waals surface area contributed by atoms with Crippen molar-refractivity contribution in [3.8, 4) is 0 Å². The molecule has 4 heteroatoms. The van der Waals surface area contributed by atoms with E-state index in [0.29, 0.717) is 6.54 Å². The molecule has 84 valence electrons. The molecule has 0 aliphatic carbocycles. The number of morpholine rings is 1. The van der Waals surface area contributed by atoms with Gasteiger partial charge in [-0.1, -0.05) is 0 Å². The molecule has 2 N–H and O–H groups in total. The predicted molar refractivity (Wildman–Crippen MR) is 56.3 cm³/mol. The SMILES string of the molecule is CCOC(CN)CCN1CCOCC1. The lowest BCUT2D eigenvalue weighted by atomic mass is 10.2. The van der Waals surface area contributed by atoms with Gasteiger partial charge >= 0.3 is 0 Å². The van der Waals surface area contributed by atoms with E-state index in [-0.39, 0.29) is 6.10 Å². The molecule has 1 atom stereocenters. The van der Waals surface area contributed by atoms with Gasteiger partial charge in [0.25, 0.3) is 0 Å². The van der Waals surface area contributed by atoms with Crippen LogP contribution in [0.3, 0.4) is 0 Å². The second kappa shape index (κ2) is 7.17. The Balaban J connectivity index is 2.10. The Morgan fingerprint density at radius 1 is 1.43 bits per heavy atom. The molecule has 0 bridgehead atoms. The zero-order valence-corrected chi connectivity index (χ0v) is 9.08. The monoisotopic (exact) mass is 202 g/mol. The van der Waals surface area contributed by atoms with E-state index < -0.39 is 0 Å². The van der Waals surface area contributed by atoms with Gasteiger partial charge in [-0.3, -0.25) is 4.90 Å². The summed E-state index contributed by atoms with van der Waals surface area (Å²) < 4.78 is 10.8. The average Bonchev–Trinajstić information content (AvgIpc) is 2.25. The van der Waals surface area contributed by atoms with Crippen molar-refractivity contribution in [2.24, 2.45) is 5.73 Å². The second-order valence-electron chi connectivity index (χ2n) is 3.56. The first-order valence-electron chi connectivity index (χ1n) is 5.48. The van der Waals surface area contributed by atoms with Gasteiger partial charge in [0.2, 0.25) is 0 Å². The van der Waals surface area contributed by atoms with E-state index in [1.807, 2.05) is 6.92 Å². The zero-order chi connectivity index (χ0) is 10.2. The smallest absolute Gasteiger partial charge is 0.0709 e. The van der Waals surface area contributed by atoms with Crippen LogP contribution in [0.15, 0.2) is 0 Å². The lowest BCUT2D eigenvalue weighted by Gasteiger charge is -2.27. The number of rotatable bonds is 6. The molecule has 0 aromatic carbocycles. The maximum atomic E-state index is 5.61. The lowest BCUT2D eigenvalue weighted by Crippen LogP contribution is -2.39. The summed E-state index contributed by atoms with van der Waals surface area (Å²) in [6.07, 6.45) is 1.26. The van der Waals surface area contributed by atoms with Crippen LogP contribution in [0.1, 0.15) is 13.3 Å². The topological polar surface area (TPSA) is 47.7 Å². The van der Waals surface area contributed by atoms with Gasteiger partial charge in [-0.2, -0.15) is 0 Å². The maximum Gasteiger partial charge on any atom is 0.0709 e. The predicted octanol–water partition coefficient (Wildman–Crippen LogP) is 0.0725. The Morgan fingerprint density at radius 3 is 2.71 bits per heavy atom. The van der Waals surface area contributed by atoms with Gasteiger partial charge in [-0.15, -0.1) is 0 Å². The summed E-state index contributed by atoms with van der Waals surface area (Å²) in [7, 11) is 0. The van der Waals surface area contributed by atoms with Crippen LogP contribution in [0.25, 0.3) is 0 Å². The van der Waals surface area contributed by atoms with Crippen molar-refractivity contribution >= 4 is 0 Å². The first-order valence-corrected chi connectivity index (χ1v) is 5.48. The van der Waals surface area contributed by atoms with Crippen LogP contribution in [-0.2, 0) is 9.47 Å². The number of ether oxygens (including phenoxy) is 2. The largest absolute Gasteiger partial charge is 0.379 e. The Hall–Kier alpha value is -0.160. The third-order valence-electron chi connectivity index (χ3n) is 2.54. The Kier molecular flexibility index (Phi) is 6.10. The summed E-state index contributed by atoms with van der Waals surface area (Å²) in [6, 6.07) is 0. The molecule has 0 spiro atoms. The average molecular weight is 202 g/mol. The first kappa shape index (κ1) is 11.9. The number of nitrogens with two attached hydrogens (primary N) is 1. The van der Waals surface area contributed by atoms with Crippen molar-refractivity contribution in [2.45, 2.75) is 19.4 Å². The summed E-state index contributed by atoms with van der Waals surface area (Å²) >= 11 is 0. The molecule has 4 nitrogen and oxygen atoms in total. The molecule has 0 saturated carbocycles. The molecule has 0 aromatic heterocycles. The Morgan fingerprint density at radius 2 is 2.14 bits per heavy atom. The minimum Gasteiger partial charge on any atom is -0.379 e. The number of hydrogen-bond donors (Lipinski definition) is 1. The van der Waals surface area contributed by atoms with Gasteiger partial charge in [0.05, 0.1) is 19.3 Å². The zero-order valence-electron chi connectivity index (χ0n) is 9.08. The van der Waals surface area contributed by atoms with Gasteiger partial charge in [-0.05, 0) is 13.3 Å². The highest BCUT2D eigenvalue weighted by Gasteiger charge is 2.12. The van der Waals surface area contributed by atoms with Crippen LogP contribution in [0.5, 0.6) is 0 Å². The second-order valence-corrected chi connectivity index (χ2v) is 3.56. The fourth-order valence-corrected chi connectivity index (χ4v) is 1.66. The Bertz CT molecular complexity index is 133. The molecule has 1 saturated heterocycles. The molecule has 1 heterocycles. The van der Waals surface area contributed by atoms with Crippen molar-refractivity contribution in [2.75, 3.05) is 46.0 Å². The summed E-state index contributed by atoms with van der Waals surface area (Å²) in [5.41, 5.74) is 5.61. The van der Waals surface area contributed by atoms with Gasteiger partial charge in [0, 0.05) is 32.8 Å². The highest BCUT2D eigenvalue weighted by Crippen LogP contribution is 2.02. The molecule has 0 amide bonds. The van der Waals surface area contributed by atoms with E-state index in [1.165, 1.54) is 0 Å². The molecule has 1 unspecified atom stereocenters.